The zero-order chi connectivity index (χ0) is 18.6. The lowest BCUT2D eigenvalue weighted by atomic mass is 9.80. The van der Waals surface area contributed by atoms with Crippen LogP contribution in [0.3, 0.4) is 0 Å². The molecule has 3 aromatic rings. The first-order chi connectivity index (χ1) is 11.5. The summed E-state index contributed by atoms with van der Waals surface area (Å²) < 4.78 is 8.25. The number of fused-ring (bicyclic) bond motifs is 1. The maximum Gasteiger partial charge on any atom is 0.341 e. The molecular weight excluding hydrogens is 306 g/mol. The summed E-state index contributed by atoms with van der Waals surface area (Å²) in [5.41, 5.74) is 8.52. The van der Waals surface area contributed by atoms with E-state index in [4.69, 9.17) is 4.42 Å². The molecule has 0 saturated heterocycles. The molecule has 0 saturated carbocycles. The molecule has 2 nitrogen and oxygen atoms in total. The van der Waals surface area contributed by atoms with Crippen LogP contribution in [0.2, 0.25) is 0 Å². The molecule has 0 bridgehead atoms. The standard InChI is InChI=1S/C23H30NO/c1-15-9-16(2)11-18(10-15)24-14-25-21-19(23(6,7)8)12-17(13-20(21)24)22(3,4)5/h9-14H,1-8H3/q+1. The fourth-order valence-corrected chi connectivity index (χ4v) is 3.36. The van der Waals surface area contributed by atoms with Gasteiger partial charge in [0.05, 0.1) is 0 Å². The first-order valence-electron chi connectivity index (χ1n) is 9.03. The average molecular weight is 336 g/mol. The van der Waals surface area contributed by atoms with E-state index in [-0.39, 0.29) is 10.8 Å². The van der Waals surface area contributed by atoms with Crippen molar-refractivity contribution < 1.29 is 8.98 Å². The van der Waals surface area contributed by atoms with Gasteiger partial charge >= 0.3 is 6.39 Å². The van der Waals surface area contributed by atoms with E-state index in [1.54, 1.807) is 0 Å². The molecule has 0 radical (unpaired) electrons. The minimum atomic E-state index is 0.0255. The van der Waals surface area contributed by atoms with Crippen molar-refractivity contribution in [2.24, 2.45) is 0 Å². The van der Waals surface area contributed by atoms with Crippen LogP contribution >= 0.6 is 0 Å². The quantitative estimate of drug-likeness (QED) is 0.504. The number of nitrogens with zero attached hydrogens (tertiary/aromatic N) is 1. The molecule has 3 rings (SSSR count). The van der Waals surface area contributed by atoms with E-state index in [1.165, 1.54) is 22.3 Å². The average Bonchev–Trinajstić information content (AvgIpc) is 2.86. The highest BCUT2D eigenvalue weighted by atomic mass is 16.3. The number of rotatable bonds is 1. The van der Waals surface area contributed by atoms with Gasteiger partial charge in [0.2, 0.25) is 11.3 Å². The van der Waals surface area contributed by atoms with Crippen molar-refractivity contribution in [2.75, 3.05) is 0 Å². The van der Waals surface area contributed by atoms with Gasteiger partial charge in [-0.25, -0.2) is 0 Å². The van der Waals surface area contributed by atoms with Gasteiger partial charge in [-0.05, 0) is 41.4 Å². The Kier molecular flexibility index (Phi) is 4.06. The Balaban J connectivity index is 2.36. The van der Waals surface area contributed by atoms with Crippen molar-refractivity contribution in [1.29, 1.82) is 0 Å². The van der Waals surface area contributed by atoms with Crippen LogP contribution in [-0.4, -0.2) is 0 Å². The van der Waals surface area contributed by atoms with E-state index >= 15 is 0 Å². The molecular formula is C23H30NO+. The Morgan fingerprint density at radius 1 is 0.760 bits per heavy atom. The predicted molar refractivity (Wildman–Crippen MR) is 105 cm³/mol. The van der Waals surface area contributed by atoms with Crippen molar-refractivity contribution in [2.45, 2.75) is 66.2 Å². The summed E-state index contributed by atoms with van der Waals surface area (Å²) >= 11 is 0. The number of aromatic nitrogens is 1. The van der Waals surface area contributed by atoms with Gasteiger partial charge in [0, 0.05) is 23.8 Å². The maximum atomic E-state index is 6.07. The lowest BCUT2D eigenvalue weighted by Crippen LogP contribution is -2.29. The van der Waals surface area contributed by atoms with Crippen LogP contribution < -0.4 is 4.57 Å². The van der Waals surface area contributed by atoms with Gasteiger partial charge in [-0.3, -0.25) is 0 Å². The van der Waals surface area contributed by atoms with Crippen LogP contribution in [0, 0.1) is 13.8 Å². The van der Waals surface area contributed by atoms with Crippen LogP contribution in [0.15, 0.2) is 41.1 Å². The summed E-state index contributed by atoms with van der Waals surface area (Å²) in [6.45, 7) is 17.8. The zero-order valence-corrected chi connectivity index (χ0v) is 16.8. The molecule has 0 aliphatic heterocycles. The third-order valence-electron chi connectivity index (χ3n) is 4.76. The van der Waals surface area contributed by atoms with Crippen LogP contribution in [0.4, 0.5) is 0 Å². The second-order valence-electron chi connectivity index (χ2n) is 9.31. The summed E-state index contributed by atoms with van der Waals surface area (Å²) in [7, 11) is 0. The van der Waals surface area contributed by atoms with E-state index < -0.39 is 0 Å². The van der Waals surface area contributed by atoms with E-state index in [9.17, 15) is 0 Å². The lowest BCUT2D eigenvalue weighted by Gasteiger charge is -2.24. The molecule has 0 N–H and O–H groups in total. The van der Waals surface area contributed by atoms with Gasteiger partial charge in [-0.1, -0.05) is 53.7 Å². The molecule has 25 heavy (non-hydrogen) atoms. The number of oxazole rings is 1. The molecule has 0 spiro atoms. The van der Waals surface area contributed by atoms with Crippen LogP contribution in [0.5, 0.6) is 0 Å². The zero-order valence-electron chi connectivity index (χ0n) is 16.8. The van der Waals surface area contributed by atoms with Crippen LogP contribution in [0.25, 0.3) is 16.8 Å². The van der Waals surface area contributed by atoms with E-state index in [0.717, 1.165) is 16.8 Å². The summed E-state index contributed by atoms with van der Waals surface area (Å²) in [4.78, 5) is 0. The van der Waals surface area contributed by atoms with Crippen molar-refractivity contribution >= 4 is 11.1 Å². The highest BCUT2D eigenvalue weighted by Crippen LogP contribution is 2.34. The fraction of sp³-hybridized carbons (Fsp3) is 0.435. The molecule has 0 unspecified atom stereocenters. The molecule has 0 amide bonds. The van der Waals surface area contributed by atoms with Crippen molar-refractivity contribution in [3.05, 3.63) is 59.0 Å². The first-order valence-corrected chi connectivity index (χ1v) is 9.03. The Labute approximate surface area is 151 Å². The summed E-state index contributed by atoms with van der Waals surface area (Å²) in [5, 5.41) is 0. The predicted octanol–water partition coefficient (Wildman–Crippen LogP) is 5.92. The molecule has 0 fully saturated rings. The van der Waals surface area contributed by atoms with Gasteiger partial charge in [-0.15, -0.1) is 4.57 Å². The molecule has 0 aliphatic carbocycles. The minimum absolute atomic E-state index is 0.0255. The fourth-order valence-electron chi connectivity index (χ4n) is 3.36. The summed E-state index contributed by atoms with van der Waals surface area (Å²) in [6, 6.07) is 11.2. The van der Waals surface area contributed by atoms with Crippen molar-refractivity contribution in [3.8, 4) is 5.69 Å². The number of benzene rings is 2. The molecule has 1 heterocycles. The van der Waals surface area contributed by atoms with Gasteiger partial charge in [0.1, 0.15) is 0 Å². The SMILES string of the molecule is Cc1cc(C)cc(-[n+]2coc3c(C(C)(C)C)cc(C(C)(C)C)cc32)c1. The number of hydrogen-bond donors (Lipinski definition) is 0. The van der Waals surface area contributed by atoms with Gasteiger partial charge in [0.25, 0.3) is 5.52 Å². The molecule has 2 heteroatoms. The largest absolute Gasteiger partial charge is 0.403 e. The van der Waals surface area contributed by atoms with Gasteiger partial charge in [-0.2, -0.15) is 0 Å². The van der Waals surface area contributed by atoms with Crippen molar-refractivity contribution in [1.82, 2.24) is 0 Å². The van der Waals surface area contributed by atoms with E-state index in [0.29, 0.717) is 0 Å². The third kappa shape index (κ3) is 3.35. The van der Waals surface area contributed by atoms with Crippen molar-refractivity contribution in [3.63, 3.8) is 0 Å². The third-order valence-corrected chi connectivity index (χ3v) is 4.76. The van der Waals surface area contributed by atoms with Gasteiger partial charge < -0.3 is 4.42 Å². The van der Waals surface area contributed by atoms with Gasteiger partial charge in [0.15, 0.2) is 0 Å². The lowest BCUT2D eigenvalue weighted by molar-refractivity contribution is -0.573. The Bertz CT molecular complexity index is 913. The molecule has 2 aromatic carbocycles. The highest BCUT2D eigenvalue weighted by molar-refractivity contribution is 5.76. The normalized spacial score (nSPS) is 12.8. The first kappa shape index (κ1) is 17.7. The Morgan fingerprint density at radius 3 is 1.88 bits per heavy atom. The molecule has 0 atom stereocenters. The van der Waals surface area contributed by atoms with Crippen LogP contribution in [0.1, 0.15) is 63.8 Å². The molecule has 1 aromatic heterocycles. The molecule has 132 valence electrons. The highest BCUT2D eigenvalue weighted by Gasteiger charge is 2.29. The monoisotopic (exact) mass is 336 g/mol. The smallest absolute Gasteiger partial charge is 0.341 e. The van der Waals surface area contributed by atoms with Crippen LogP contribution in [-0.2, 0) is 10.8 Å². The second-order valence-corrected chi connectivity index (χ2v) is 9.31. The Hall–Kier alpha value is -2.09. The van der Waals surface area contributed by atoms with E-state index in [2.05, 4.69) is 90.3 Å². The minimum Gasteiger partial charge on any atom is -0.403 e. The number of aryl methyl sites for hydroxylation is 2. The molecule has 0 aliphatic rings. The maximum absolute atomic E-state index is 6.07. The number of hydrogen-bond acceptors (Lipinski definition) is 1. The van der Waals surface area contributed by atoms with E-state index in [1.807, 2.05) is 6.39 Å². The Morgan fingerprint density at radius 2 is 1.36 bits per heavy atom. The summed E-state index contributed by atoms with van der Waals surface area (Å²) in [5.74, 6) is 0. The topological polar surface area (TPSA) is 17.0 Å². The second kappa shape index (κ2) is 5.72. The summed E-state index contributed by atoms with van der Waals surface area (Å²) in [6.07, 6.45) is 1.85.